The topological polar surface area (TPSA) is 43.4 Å². The van der Waals surface area contributed by atoms with E-state index in [9.17, 15) is 9.59 Å². The Bertz CT molecular complexity index is 153. The quantitative estimate of drug-likeness (QED) is 0.576. The van der Waals surface area contributed by atoms with Gasteiger partial charge in [0.25, 0.3) is 0 Å². The first-order chi connectivity index (χ1) is 5.08. The lowest BCUT2D eigenvalue weighted by atomic mass is 10.1. The number of carbonyl (C=O) groups is 1. The van der Waals surface area contributed by atoms with Gasteiger partial charge in [-0.2, -0.15) is 0 Å². The van der Waals surface area contributed by atoms with E-state index in [0.29, 0.717) is 6.42 Å². The van der Waals surface area contributed by atoms with E-state index >= 15 is 0 Å². The lowest BCUT2D eigenvalue weighted by Gasteiger charge is -2.19. The van der Waals surface area contributed by atoms with Gasteiger partial charge in [-0.25, -0.2) is 0 Å². The second-order valence-electron chi connectivity index (χ2n) is 2.51. The first-order valence-electron chi connectivity index (χ1n) is 3.69. The van der Waals surface area contributed by atoms with Crippen LogP contribution in [0.3, 0.4) is 0 Å². The number of hydrogen-bond acceptors (Lipinski definition) is 3. The molecule has 0 saturated carbocycles. The van der Waals surface area contributed by atoms with Crippen LogP contribution in [0.25, 0.3) is 0 Å². The summed E-state index contributed by atoms with van der Waals surface area (Å²) in [5.41, 5.74) is -1.05. The summed E-state index contributed by atoms with van der Waals surface area (Å²) in [6.45, 7) is 5.00. The Morgan fingerprint density at radius 3 is 2.36 bits per heavy atom. The third-order valence-corrected chi connectivity index (χ3v) is 1.52. The highest BCUT2D eigenvalue weighted by Crippen LogP contribution is 2.12. The van der Waals surface area contributed by atoms with Crippen LogP contribution in [0.4, 0.5) is 0 Å². The summed E-state index contributed by atoms with van der Waals surface area (Å²) in [5.74, 6) is -0.363. The van der Waals surface area contributed by atoms with Crippen molar-refractivity contribution in [3.05, 3.63) is 0 Å². The molecule has 1 atom stereocenters. The van der Waals surface area contributed by atoms with Crippen molar-refractivity contribution in [2.75, 3.05) is 0 Å². The Hall–Kier alpha value is -0.860. The Kier molecular flexibility index (Phi) is 3.79. The highest BCUT2D eigenvalue weighted by Gasteiger charge is 2.26. The van der Waals surface area contributed by atoms with E-state index in [1.807, 2.05) is 0 Å². The van der Waals surface area contributed by atoms with Crippen LogP contribution >= 0.6 is 0 Å². The first-order valence-corrected chi connectivity index (χ1v) is 3.69. The van der Waals surface area contributed by atoms with Gasteiger partial charge in [0.05, 0.1) is 0 Å². The number of rotatable bonds is 4. The van der Waals surface area contributed by atoms with E-state index in [0.717, 1.165) is 0 Å². The zero-order chi connectivity index (χ0) is 8.91. The van der Waals surface area contributed by atoms with Gasteiger partial charge in [0.2, 0.25) is 6.29 Å². The van der Waals surface area contributed by atoms with E-state index in [1.165, 1.54) is 0 Å². The summed E-state index contributed by atoms with van der Waals surface area (Å²) in [4.78, 5) is 21.1. The molecule has 0 aromatic heterocycles. The molecule has 3 heteroatoms. The van der Waals surface area contributed by atoms with Gasteiger partial charge in [-0.15, -0.1) is 0 Å². The predicted octanol–water partition coefficient (Wildman–Crippen LogP) is 1.22. The fraction of sp³-hybridized carbons (Fsp3) is 0.750. The van der Waals surface area contributed by atoms with Crippen molar-refractivity contribution < 1.29 is 14.3 Å². The van der Waals surface area contributed by atoms with Crippen molar-refractivity contribution >= 4 is 12.3 Å². The molecule has 63 valence electrons. The van der Waals surface area contributed by atoms with E-state index in [2.05, 4.69) is 0 Å². The zero-order valence-electron chi connectivity index (χ0n) is 7.14. The highest BCUT2D eigenvalue weighted by atomic mass is 16.6. The first kappa shape index (κ1) is 10.1. The van der Waals surface area contributed by atoms with Crippen LogP contribution in [0.5, 0.6) is 0 Å². The number of hydrogen-bond donors (Lipinski definition) is 0. The molecule has 0 amide bonds. The molecule has 0 aliphatic heterocycles. The molecule has 0 spiro atoms. The minimum Gasteiger partial charge on any atom is -0.451 e. The van der Waals surface area contributed by atoms with E-state index in [1.54, 1.807) is 27.1 Å². The van der Waals surface area contributed by atoms with Crippen LogP contribution < -0.4 is 0 Å². The molecular formula is C8H13O3. The Balaban J connectivity index is 4.07. The normalized spacial score (nSPS) is 15.2. The summed E-state index contributed by atoms with van der Waals surface area (Å²) >= 11 is 0. The van der Waals surface area contributed by atoms with Crippen LogP contribution in [0.2, 0.25) is 0 Å². The molecule has 1 unspecified atom stereocenters. The SMILES string of the molecule is CCC(=O)OC(C)([C]=O)CC. The average Bonchev–Trinajstić information content (AvgIpc) is 2.04. The van der Waals surface area contributed by atoms with Crippen molar-refractivity contribution in [1.82, 2.24) is 0 Å². The minimum atomic E-state index is -1.05. The van der Waals surface area contributed by atoms with Gasteiger partial charge in [-0.3, -0.25) is 9.59 Å². The maximum Gasteiger partial charge on any atom is 0.306 e. The molecule has 0 aliphatic rings. The summed E-state index contributed by atoms with van der Waals surface area (Å²) in [5, 5.41) is 0. The van der Waals surface area contributed by atoms with Gasteiger partial charge in [0, 0.05) is 6.42 Å². The smallest absolute Gasteiger partial charge is 0.306 e. The molecule has 1 radical (unpaired) electrons. The van der Waals surface area contributed by atoms with Gasteiger partial charge in [0.1, 0.15) is 0 Å². The third kappa shape index (κ3) is 3.16. The molecular weight excluding hydrogens is 144 g/mol. The minimum absolute atomic E-state index is 0.289. The maximum atomic E-state index is 10.7. The molecule has 0 rings (SSSR count). The van der Waals surface area contributed by atoms with E-state index < -0.39 is 5.60 Å². The molecule has 0 aliphatic carbocycles. The Labute approximate surface area is 66.7 Å². The van der Waals surface area contributed by atoms with Crippen molar-refractivity contribution in [2.45, 2.75) is 39.2 Å². The maximum absolute atomic E-state index is 10.7. The van der Waals surface area contributed by atoms with Gasteiger partial charge in [-0.1, -0.05) is 13.8 Å². The summed E-state index contributed by atoms with van der Waals surface area (Å²) in [7, 11) is 0. The van der Waals surface area contributed by atoms with Crippen molar-refractivity contribution in [1.29, 1.82) is 0 Å². The lowest BCUT2D eigenvalue weighted by molar-refractivity contribution is -0.152. The summed E-state index contributed by atoms with van der Waals surface area (Å²) < 4.78 is 4.82. The molecule has 0 N–H and O–H groups in total. The van der Waals surface area contributed by atoms with Crippen LogP contribution in [-0.2, 0) is 14.3 Å². The van der Waals surface area contributed by atoms with Crippen LogP contribution in [0.15, 0.2) is 0 Å². The van der Waals surface area contributed by atoms with Crippen molar-refractivity contribution in [2.24, 2.45) is 0 Å². The number of carbonyl (C=O) groups excluding carboxylic acids is 2. The average molecular weight is 157 g/mol. The van der Waals surface area contributed by atoms with Crippen molar-refractivity contribution in [3.63, 3.8) is 0 Å². The molecule has 0 heterocycles. The highest BCUT2D eigenvalue weighted by molar-refractivity contribution is 5.74. The summed E-state index contributed by atoms with van der Waals surface area (Å²) in [6.07, 6.45) is 2.45. The third-order valence-electron chi connectivity index (χ3n) is 1.52. The zero-order valence-corrected chi connectivity index (χ0v) is 7.14. The van der Waals surface area contributed by atoms with Crippen LogP contribution in [-0.4, -0.2) is 17.9 Å². The molecule has 11 heavy (non-hydrogen) atoms. The Morgan fingerprint density at radius 2 is 2.09 bits per heavy atom. The monoisotopic (exact) mass is 157 g/mol. The molecule has 0 saturated heterocycles. The largest absolute Gasteiger partial charge is 0.451 e. The fourth-order valence-corrected chi connectivity index (χ4v) is 0.489. The van der Waals surface area contributed by atoms with Gasteiger partial charge in [0.15, 0.2) is 5.60 Å². The second kappa shape index (κ2) is 4.11. The second-order valence-corrected chi connectivity index (χ2v) is 2.51. The summed E-state index contributed by atoms with van der Waals surface area (Å²) in [6, 6.07) is 0. The Morgan fingerprint density at radius 1 is 1.55 bits per heavy atom. The van der Waals surface area contributed by atoms with E-state index in [4.69, 9.17) is 4.74 Å². The molecule has 0 aromatic carbocycles. The van der Waals surface area contributed by atoms with Crippen molar-refractivity contribution in [3.8, 4) is 0 Å². The van der Waals surface area contributed by atoms with Gasteiger partial charge < -0.3 is 4.74 Å². The number of ether oxygens (including phenoxy) is 1. The van der Waals surface area contributed by atoms with Crippen LogP contribution in [0.1, 0.15) is 33.6 Å². The number of esters is 1. The predicted molar refractivity (Wildman–Crippen MR) is 40.8 cm³/mol. The lowest BCUT2D eigenvalue weighted by Crippen LogP contribution is -2.32. The molecule has 0 fully saturated rings. The van der Waals surface area contributed by atoms with Crippen LogP contribution in [0, 0.1) is 0 Å². The molecule has 0 aromatic rings. The van der Waals surface area contributed by atoms with E-state index in [-0.39, 0.29) is 12.4 Å². The molecule has 0 bridgehead atoms. The fourth-order valence-electron chi connectivity index (χ4n) is 0.489. The molecule has 3 nitrogen and oxygen atoms in total. The van der Waals surface area contributed by atoms with Gasteiger partial charge >= 0.3 is 5.97 Å². The standard InChI is InChI=1S/C8H13O3/c1-4-7(10)11-8(3,5-2)6-9/h4-5H2,1-3H3. The van der Waals surface area contributed by atoms with Gasteiger partial charge in [-0.05, 0) is 13.3 Å².